The van der Waals surface area contributed by atoms with Gasteiger partial charge in [-0.1, -0.05) is 0 Å². The van der Waals surface area contributed by atoms with E-state index in [1.807, 2.05) is 25.5 Å². The minimum absolute atomic E-state index is 0.0380. The molecule has 1 aliphatic heterocycles. The van der Waals surface area contributed by atoms with Crippen LogP contribution < -0.4 is 5.32 Å². The van der Waals surface area contributed by atoms with Crippen molar-refractivity contribution < 1.29 is 4.79 Å². The van der Waals surface area contributed by atoms with Gasteiger partial charge in [-0.3, -0.25) is 9.48 Å². The Labute approximate surface area is 115 Å². The zero-order valence-corrected chi connectivity index (χ0v) is 12.3. The second kappa shape index (κ2) is 5.33. The summed E-state index contributed by atoms with van der Waals surface area (Å²) in [5.41, 5.74) is 0.448. The highest BCUT2D eigenvalue weighted by atomic mass is 16.2. The molecule has 0 bridgehead atoms. The molecule has 106 valence electrons. The Morgan fingerprint density at radius 1 is 1.37 bits per heavy atom. The largest absolute Gasteiger partial charge is 0.346 e. The second-order valence-corrected chi connectivity index (χ2v) is 6.40. The molecule has 1 amide bonds. The summed E-state index contributed by atoms with van der Waals surface area (Å²) in [6, 6.07) is 2.14. The molecule has 1 saturated heterocycles. The van der Waals surface area contributed by atoms with Crippen LogP contribution in [0.2, 0.25) is 0 Å². The number of aromatic nitrogens is 2. The van der Waals surface area contributed by atoms with E-state index in [0.717, 1.165) is 25.9 Å². The van der Waals surface area contributed by atoms with E-state index in [0.29, 0.717) is 11.7 Å². The first kappa shape index (κ1) is 14.1. The summed E-state index contributed by atoms with van der Waals surface area (Å²) >= 11 is 0. The van der Waals surface area contributed by atoms with Crippen molar-refractivity contribution in [2.24, 2.45) is 0 Å². The quantitative estimate of drug-likeness (QED) is 0.884. The van der Waals surface area contributed by atoms with Crippen molar-refractivity contribution in [3.63, 3.8) is 0 Å². The first-order valence-corrected chi connectivity index (χ1v) is 6.91. The molecule has 1 aliphatic rings. The molecule has 0 aromatic carbocycles. The van der Waals surface area contributed by atoms with Crippen LogP contribution in [0.5, 0.6) is 0 Å². The maximum absolute atomic E-state index is 12.3. The van der Waals surface area contributed by atoms with Crippen LogP contribution in [0, 0.1) is 0 Å². The summed E-state index contributed by atoms with van der Waals surface area (Å²) in [6.45, 7) is 8.08. The van der Waals surface area contributed by atoms with Gasteiger partial charge in [0, 0.05) is 11.7 Å². The fourth-order valence-corrected chi connectivity index (χ4v) is 2.43. The van der Waals surface area contributed by atoms with E-state index in [4.69, 9.17) is 0 Å². The molecular weight excluding hydrogens is 240 g/mol. The molecule has 0 atom stereocenters. The van der Waals surface area contributed by atoms with Crippen LogP contribution in [-0.4, -0.2) is 46.3 Å². The van der Waals surface area contributed by atoms with Gasteiger partial charge in [-0.15, -0.1) is 0 Å². The Bertz CT molecular complexity index is 439. The van der Waals surface area contributed by atoms with Crippen molar-refractivity contribution in [1.82, 2.24) is 20.0 Å². The lowest BCUT2D eigenvalue weighted by Crippen LogP contribution is -2.42. The number of rotatable bonds is 2. The average Bonchev–Trinajstić information content (AvgIpc) is 2.76. The monoisotopic (exact) mass is 264 g/mol. The number of nitrogens with zero attached hydrogens (tertiary/aromatic N) is 3. The van der Waals surface area contributed by atoms with Crippen LogP contribution in [0.4, 0.5) is 0 Å². The van der Waals surface area contributed by atoms with E-state index in [1.165, 1.54) is 0 Å². The number of carbonyl (C=O) groups excluding carboxylic acids is 1. The molecule has 0 aliphatic carbocycles. The predicted molar refractivity (Wildman–Crippen MR) is 75.2 cm³/mol. The van der Waals surface area contributed by atoms with Crippen LogP contribution in [-0.2, 0) is 0 Å². The molecule has 0 unspecified atom stereocenters. The van der Waals surface area contributed by atoms with Crippen molar-refractivity contribution in [1.29, 1.82) is 0 Å². The Morgan fingerprint density at radius 2 is 2.00 bits per heavy atom. The normalized spacial score (nSPS) is 18.5. The molecule has 1 N–H and O–H groups in total. The summed E-state index contributed by atoms with van der Waals surface area (Å²) in [5.74, 6) is -0.0380. The van der Waals surface area contributed by atoms with Gasteiger partial charge in [0.25, 0.3) is 5.91 Å². The number of hydrogen-bond acceptors (Lipinski definition) is 3. The van der Waals surface area contributed by atoms with E-state index in [2.05, 4.69) is 22.4 Å². The molecule has 2 rings (SSSR count). The molecular formula is C14H24N4O. The number of piperidine rings is 1. The van der Waals surface area contributed by atoms with Gasteiger partial charge in [-0.05, 0) is 59.8 Å². The fourth-order valence-electron chi connectivity index (χ4n) is 2.43. The third kappa shape index (κ3) is 3.56. The van der Waals surface area contributed by atoms with Gasteiger partial charge in [-0.25, -0.2) is 0 Å². The lowest BCUT2D eigenvalue weighted by atomic mass is 10.1. The number of amides is 1. The first-order chi connectivity index (χ1) is 8.87. The Kier molecular flexibility index (Phi) is 3.94. The SMILES string of the molecule is CN1CCC(n2nccc2C(=O)NC(C)(C)C)CC1. The maximum atomic E-state index is 12.3. The van der Waals surface area contributed by atoms with Gasteiger partial charge in [0.1, 0.15) is 5.69 Å². The number of carbonyl (C=O) groups is 1. The molecule has 1 aromatic rings. The van der Waals surface area contributed by atoms with E-state index in [9.17, 15) is 4.79 Å². The summed E-state index contributed by atoms with van der Waals surface area (Å²) < 4.78 is 1.90. The Morgan fingerprint density at radius 3 is 2.58 bits per heavy atom. The van der Waals surface area contributed by atoms with Gasteiger partial charge < -0.3 is 10.2 Å². The minimum atomic E-state index is -0.223. The molecule has 0 saturated carbocycles. The second-order valence-electron chi connectivity index (χ2n) is 6.40. The Balaban J connectivity index is 2.11. The average molecular weight is 264 g/mol. The van der Waals surface area contributed by atoms with Crippen molar-refractivity contribution in [3.05, 3.63) is 18.0 Å². The summed E-state index contributed by atoms with van der Waals surface area (Å²) in [6.07, 6.45) is 3.82. The maximum Gasteiger partial charge on any atom is 0.269 e. The zero-order chi connectivity index (χ0) is 14.0. The van der Waals surface area contributed by atoms with Crippen LogP contribution in [0.1, 0.15) is 50.1 Å². The smallest absolute Gasteiger partial charge is 0.269 e. The third-order valence-electron chi connectivity index (χ3n) is 3.43. The van der Waals surface area contributed by atoms with Gasteiger partial charge in [0.15, 0.2) is 0 Å². The highest BCUT2D eigenvalue weighted by Crippen LogP contribution is 2.22. The Hall–Kier alpha value is -1.36. The lowest BCUT2D eigenvalue weighted by molar-refractivity contribution is 0.0901. The van der Waals surface area contributed by atoms with E-state index in [1.54, 1.807) is 12.3 Å². The zero-order valence-electron chi connectivity index (χ0n) is 12.3. The molecule has 1 fully saturated rings. The number of hydrogen-bond donors (Lipinski definition) is 1. The summed E-state index contributed by atoms with van der Waals surface area (Å²) in [5, 5.41) is 7.35. The van der Waals surface area contributed by atoms with E-state index in [-0.39, 0.29) is 11.4 Å². The molecule has 1 aromatic heterocycles. The third-order valence-corrected chi connectivity index (χ3v) is 3.43. The van der Waals surface area contributed by atoms with Crippen molar-refractivity contribution >= 4 is 5.91 Å². The van der Waals surface area contributed by atoms with Crippen molar-refractivity contribution in [2.75, 3.05) is 20.1 Å². The van der Waals surface area contributed by atoms with Crippen LogP contribution in [0.25, 0.3) is 0 Å². The molecule has 19 heavy (non-hydrogen) atoms. The minimum Gasteiger partial charge on any atom is -0.346 e. The van der Waals surface area contributed by atoms with Gasteiger partial charge in [-0.2, -0.15) is 5.10 Å². The first-order valence-electron chi connectivity index (χ1n) is 6.91. The highest BCUT2D eigenvalue weighted by molar-refractivity contribution is 5.93. The standard InChI is InChI=1S/C14H24N4O/c1-14(2,3)16-13(19)12-5-8-15-18(12)11-6-9-17(4)10-7-11/h5,8,11H,6-7,9-10H2,1-4H3,(H,16,19). The van der Waals surface area contributed by atoms with Crippen molar-refractivity contribution in [2.45, 2.75) is 45.2 Å². The van der Waals surface area contributed by atoms with Crippen LogP contribution >= 0.6 is 0 Å². The van der Waals surface area contributed by atoms with Gasteiger partial charge in [0.2, 0.25) is 0 Å². The van der Waals surface area contributed by atoms with E-state index < -0.39 is 0 Å². The van der Waals surface area contributed by atoms with E-state index >= 15 is 0 Å². The number of nitrogens with one attached hydrogen (secondary N) is 1. The predicted octanol–water partition coefficient (Wildman–Crippen LogP) is 1.68. The molecule has 5 heteroatoms. The fraction of sp³-hybridized carbons (Fsp3) is 0.714. The molecule has 0 spiro atoms. The lowest BCUT2D eigenvalue weighted by Gasteiger charge is -2.30. The molecule has 5 nitrogen and oxygen atoms in total. The van der Waals surface area contributed by atoms with Crippen molar-refractivity contribution in [3.8, 4) is 0 Å². The molecule has 0 radical (unpaired) electrons. The summed E-state index contributed by atoms with van der Waals surface area (Å²) in [7, 11) is 2.13. The van der Waals surface area contributed by atoms with Crippen LogP contribution in [0.3, 0.4) is 0 Å². The highest BCUT2D eigenvalue weighted by Gasteiger charge is 2.24. The number of likely N-dealkylation sites (tertiary alicyclic amines) is 1. The molecule has 2 heterocycles. The summed E-state index contributed by atoms with van der Waals surface area (Å²) in [4.78, 5) is 14.6. The van der Waals surface area contributed by atoms with Crippen LogP contribution in [0.15, 0.2) is 12.3 Å². The van der Waals surface area contributed by atoms with Gasteiger partial charge in [0.05, 0.1) is 6.04 Å². The van der Waals surface area contributed by atoms with Gasteiger partial charge >= 0.3 is 0 Å². The topological polar surface area (TPSA) is 50.2 Å².